The molecule has 168 valence electrons. The van der Waals surface area contributed by atoms with Gasteiger partial charge in [0.2, 0.25) is 17.7 Å². The number of nitrogens with one attached hydrogen (secondary N) is 2. The number of rotatable bonds is 8. The Labute approximate surface area is 179 Å². The van der Waals surface area contributed by atoms with Gasteiger partial charge in [-0.3, -0.25) is 19.2 Å². The van der Waals surface area contributed by atoms with Crippen LogP contribution in [-0.2, 0) is 19.2 Å². The fourth-order valence-electron chi connectivity index (χ4n) is 3.61. The van der Waals surface area contributed by atoms with Gasteiger partial charge in [-0.2, -0.15) is 0 Å². The highest BCUT2D eigenvalue weighted by atomic mass is 16.6. The van der Waals surface area contributed by atoms with Crippen LogP contribution in [0.3, 0.4) is 0 Å². The van der Waals surface area contributed by atoms with E-state index >= 15 is 0 Å². The van der Waals surface area contributed by atoms with Crippen LogP contribution in [-0.4, -0.2) is 61.1 Å². The number of carbonyl (C=O) groups is 4. The summed E-state index contributed by atoms with van der Waals surface area (Å²) >= 11 is 0. The molecule has 3 rings (SSSR count). The third-order valence-electron chi connectivity index (χ3n) is 5.09. The lowest BCUT2D eigenvalue weighted by molar-refractivity contribution is -0.138. The lowest BCUT2D eigenvalue weighted by atomic mass is 10.0. The molecular formula is C21H27N3O7. The Morgan fingerprint density at radius 3 is 2.58 bits per heavy atom. The summed E-state index contributed by atoms with van der Waals surface area (Å²) in [6.07, 6.45) is 0.370. The summed E-state index contributed by atoms with van der Waals surface area (Å²) in [6, 6.07) is 4.32. The van der Waals surface area contributed by atoms with Crippen molar-refractivity contribution in [2.75, 3.05) is 31.2 Å². The van der Waals surface area contributed by atoms with E-state index in [-0.39, 0.29) is 24.8 Å². The van der Waals surface area contributed by atoms with Gasteiger partial charge in [-0.05, 0) is 24.5 Å². The van der Waals surface area contributed by atoms with Crippen LogP contribution in [0.25, 0.3) is 0 Å². The zero-order chi connectivity index (χ0) is 22.5. The van der Waals surface area contributed by atoms with E-state index in [1.807, 2.05) is 13.8 Å². The van der Waals surface area contributed by atoms with Gasteiger partial charge < -0.3 is 30.1 Å². The zero-order valence-electron chi connectivity index (χ0n) is 17.6. The number of nitrogens with zero attached hydrogens (tertiary/aromatic N) is 1. The molecule has 1 saturated heterocycles. The summed E-state index contributed by atoms with van der Waals surface area (Å²) in [5.74, 6) is -1.70. The molecule has 10 nitrogen and oxygen atoms in total. The largest absolute Gasteiger partial charge is 0.486 e. The highest BCUT2D eigenvalue weighted by molar-refractivity contribution is 6.01. The predicted molar refractivity (Wildman–Crippen MR) is 110 cm³/mol. The van der Waals surface area contributed by atoms with Crippen LogP contribution < -0.4 is 25.0 Å². The van der Waals surface area contributed by atoms with Gasteiger partial charge in [0.1, 0.15) is 25.8 Å². The van der Waals surface area contributed by atoms with E-state index in [2.05, 4.69) is 10.6 Å². The lowest BCUT2D eigenvalue weighted by Gasteiger charge is -2.23. The first-order chi connectivity index (χ1) is 14.7. The molecular weight excluding hydrogens is 406 g/mol. The summed E-state index contributed by atoms with van der Waals surface area (Å²) in [7, 11) is 0. The number of aliphatic carboxylic acids is 1. The third-order valence-corrected chi connectivity index (χ3v) is 5.09. The van der Waals surface area contributed by atoms with Gasteiger partial charge in [0.25, 0.3) is 0 Å². The average Bonchev–Trinajstić information content (AvgIpc) is 3.12. The number of hydrogen-bond acceptors (Lipinski definition) is 6. The number of fused-ring (bicyclic) bond motifs is 1. The topological polar surface area (TPSA) is 134 Å². The van der Waals surface area contributed by atoms with Crippen molar-refractivity contribution in [3.05, 3.63) is 18.2 Å². The molecule has 0 saturated carbocycles. The molecule has 10 heteroatoms. The van der Waals surface area contributed by atoms with E-state index in [0.717, 1.165) is 0 Å². The van der Waals surface area contributed by atoms with E-state index in [9.17, 15) is 19.2 Å². The van der Waals surface area contributed by atoms with Crippen LogP contribution in [0.2, 0.25) is 0 Å². The molecule has 0 radical (unpaired) electrons. The molecule has 3 N–H and O–H groups in total. The summed E-state index contributed by atoms with van der Waals surface area (Å²) in [5, 5.41) is 13.7. The molecule has 0 aromatic heterocycles. The molecule has 2 heterocycles. The van der Waals surface area contributed by atoms with Gasteiger partial charge >= 0.3 is 5.97 Å². The molecule has 1 fully saturated rings. The fourth-order valence-corrected chi connectivity index (χ4v) is 3.61. The van der Waals surface area contributed by atoms with Crippen molar-refractivity contribution in [1.82, 2.24) is 10.6 Å². The minimum atomic E-state index is -1.17. The highest BCUT2D eigenvalue weighted by Gasteiger charge is 2.37. The van der Waals surface area contributed by atoms with E-state index in [1.165, 1.54) is 4.90 Å². The van der Waals surface area contributed by atoms with Gasteiger partial charge in [-0.25, -0.2) is 0 Å². The number of carboxylic acids is 1. The second-order valence-electron chi connectivity index (χ2n) is 8.04. The Bertz CT molecular complexity index is 871. The van der Waals surface area contributed by atoms with E-state index < -0.39 is 36.3 Å². The Morgan fingerprint density at radius 2 is 1.90 bits per heavy atom. The molecule has 31 heavy (non-hydrogen) atoms. The zero-order valence-corrected chi connectivity index (χ0v) is 17.6. The quantitative estimate of drug-likeness (QED) is 0.545. The Kier molecular flexibility index (Phi) is 6.98. The second kappa shape index (κ2) is 9.67. The maximum absolute atomic E-state index is 12.8. The van der Waals surface area contributed by atoms with Gasteiger partial charge in [0.15, 0.2) is 11.5 Å². The van der Waals surface area contributed by atoms with Crippen molar-refractivity contribution >= 4 is 29.4 Å². The SMILES string of the molecule is CC(C)C[C@H](NC(=O)[C@@H]1CC(=O)N(c2ccc3c(c2)OCCO3)C1)C(=O)NCC(=O)O. The minimum Gasteiger partial charge on any atom is -0.486 e. The molecule has 1 aromatic rings. The number of ether oxygens (including phenoxy) is 2. The van der Waals surface area contributed by atoms with E-state index in [1.54, 1.807) is 18.2 Å². The number of hydrogen-bond donors (Lipinski definition) is 3. The molecule has 2 aliphatic heterocycles. The summed E-state index contributed by atoms with van der Waals surface area (Å²) in [4.78, 5) is 49.9. The van der Waals surface area contributed by atoms with Crippen molar-refractivity contribution < 1.29 is 33.8 Å². The summed E-state index contributed by atoms with van der Waals surface area (Å²) in [6.45, 7) is 4.34. The normalized spacial score (nSPS) is 18.6. The first-order valence-electron chi connectivity index (χ1n) is 10.2. The van der Waals surface area contributed by atoms with Crippen LogP contribution in [0.5, 0.6) is 11.5 Å². The standard InChI is InChI=1S/C21H27N3O7/c1-12(2)7-15(21(29)22-10-19(26)27)23-20(28)13-8-18(25)24(11-13)14-3-4-16-17(9-14)31-6-5-30-16/h3-4,9,12-13,15H,5-8,10-11H2,1-2H3,(H,22,29)(H,23,28)(H,26,27)/t13-,15+/m1/s1. The predicted octanol–water partition coefficient (Wildman–Crippen LogP) is 0.542. The number of carboxylic acid groups (broad SMARTS) is 1. The van der Waals surface area contributed by atoms with Crippen molar-refractivity contribution in [3.63, 3.8) is 0 Å². The van der Waals surface area contributed by atoms with Gasteiger partial charge in [-0.15, -0.1) is 0 Å². The van der Waals surface area contributed by atoms with Crippen LogP contribution in [0.4, 0.5) is 5.69 Å². The first-order valence-corrected chi connectivity index (χ1v) is 10.2. The molecule has 2 atom stereocenters. The van der Waals surface area contributed by atoms with Crippen molar-refractivity contribution in [2.24, 2.45) is 11.8 Å². The first kappa shape index (κ1) is 22.4. The number of anilines is 1. The van der Waals surface area contributed by atoms with Crippen molar-refractivity contribution in [3.8, 4) is 11.5 Å². The van der Waals surface area contributed by atoms with Crippen molar-refractivity contribution in [1.29, 1.82) is 0 Å². The number of amides is 3. The molecule has 3 amide bonds. The molecule has 0 bridgehead atoms. The Hall–Kier alpha value is -3.30. The highest BCUT2D eigenvalue weighted by Crippen LogP contribution is 2.36. The summed E-state index contributed by atoms with van der Waals surface area (Å²) in [5.41, 5.74) is 0.613. The Balaban J connectivity index is 1.65. The van der Waals surface area contributed by atoms with Crippen LogP contribution >= 0.6 is 0 Å². The van der Waals surface area contributed by atoms with Crippen LogP contribution in [0, 0.1) is 11.8 Å². The van der Waals surface area contributed by atoms with Gasteiger partial charge in [0, 0.05) is 24.7 Å². The second-order valence-corrected chi connectivity index (χ2v) is 8.04. The summed E-state index contributed by atoms with van der Waals surface area (Å²) < 4.78 is 11.1. The van der Waals surface area contributed by atoms with Crippen LogP contribution in [0.15, 0.2) is 18.2 Å². The molecule has 1 aromatic carbocycles. The smallest absolute Gasteiger partial charge is 0.322 e. The number of carbonyl (C=O) groups excluding carboxylic acids is 3. The maximum atomic E-state index is 12.8. The number of benzene rings is 1. The lowest BCUT2D eigenvalue weighted by Crippen LogP contribution is -2.50. The average molecular weight is 433 g/mol. The molecule has 0 spiro atoms. The molecule has 0 unspecified atom stereocenters. The molecule has 0 aliphatic carbocycles. The maximum Gasteiger partial charge on any atom is 0.322 e. The fraction of sp³-hybridized carbons (Fsp3) is 0.524. The van der Waals surface area contributed by atoms with Gasteiger partial charge in [0.05, 0.1) is 5.92 Å². The van der Waals surface area contributed by atoms with Crippen molar-refractivity contribution in [2.45, 2.75) is 32.7 Å². The minimum absolute atomic E-state index is 0.0193. The monoisotopic (exact) mass is 433 g/mol. The van der Waals surface area contributed by atoms with E-state index in [4.69, 9.17) is 14.6 Å². The van der Waals surface area contributed by atoms with Gasteiger partial charge in [-0.1, -0.05) is 13.8 Å². The Morgan fingerprint density at radius 1 is 1.19 bits per heavy atom. The molecule has 2 aliphatic rings. The third kappa shape index (κ3) is 5.65. The van der Waals surface area contributed by atoms with E-state index in [0.29, 0.717) is 36.8 Å². The van der Waals surface area contributed by atoms with Crippen LogP contribution in [0.1, 0.15) is 26.7 Å².